The van der Waals surface area contributed by atoms with Gasteiger partial charge in [-0.2, -0.15) is 0 Å². The van der Waals surface area contributed by atoms with E-state index >= 15 is 0 Å². The van der Waals surface area contributed by atoms with Gasteiger partial charge in [-0.15, -0.1) is 0 Å². The van der Waals surface area contributed by atoms with Gasteiger partial charge in [0.15, 0.2) is 10.4 Å². The Bertz CT molecular complexity index is 442. The lowest BCUT2D eigenvalue weighted by atomic mass is 10.3. The Hall–Kier alpha value is -1.30. The van der Waals surface area contributed by atoms with E-state index in [1.165, 1.54) is 4.90 Å². The van der Waals surface area contributed by atoms with E-state index in [2.05, 4.69) is 15.9 Å². The van der Waals surface area contributed by atoms with Crippen LogP contribution in [0.2, 0.25) is 0 Å². The fourth-order valence-corrected chi connectivity index (χ4v) is 1.60. The number of furan rings is 1. The zero-order valence-electron chi connectivity index (χ0n) is 10.9. The lowest BCUT2D eigenvalue weighted by Crippen LogP contribution is -2.42. The molecule has 0 aliphatic rings. The quantitative estimate of drug-likeness (QED) is 0.853. The van der Waals surface area contributed by atoms with Gasteiger partial charge in [0.25, 0.3) is 5.91 Å². The number of rotatable bonds is 4. The lowest BCUT2D eigenvalue weighted by Gasteiger charge is -2.24. The minimum absolute atomic E-state index is 0.0336. The molecular weight excluding hydrogens is 300 g/mol. The third-order valence-corrected chi connectivity index (χ3v) is 3.10. The Kier molecular flexibility index (Phi) is 4.95. The first-order chi connectivity index (χ1) is 8.32. The van der Waals surface area contributed by atoms with E-state index in [-0.39, 0.29) is 30.2 Å². The number of hydrogen-bond donors (Lipinski definition) is 0. The van der Waals surface area contributed by atoms with Crippen LogP contribution < -0.4 is 0 Å². The summed E-state index contributed by atoms with van der Waals surface area (Å²) in [7, 11) is 3.29. The van der Waals surface area contributed by atoms with Crippen LogP contribution in [0, 0.1) is 0 Å². The van der Waals surface area contributed by atoms with Crippen LogP contribution in [0.4, 0.5) is 0 Å². The van der Waals surface area contributed by atoms with E-state index in [0.717, 1.165) is 0 Å². The van der Waals surface area contributed by atoms with E-state index in [0.29, 0.717) is 4.67 Å². The van der Waals surface area contributed by atoms with Gasteiger partial charge >= 0.3 is 0 Å². The molecule has 0 fully saturated rings. The number of amides is 2. The van der Waals surface area contributed by atoms with Crippen molar-refractivity contribution in [1.82, 2.24) is 9.80 Å². The molecule has 0 atom stereocenters. The molecule has 1 aromatic rings. The van der Waals surface area contributed by atoms with Gasteiger partial charge in [0, 0.05) is 20.1 Å². The molecule has 0 saturated heterocycles. The molecule has 1 aromatic heterocycles. The van der Waals surface area contributed by atoms with Crippen molar-refractivity contribution in [3.05, 3.63) is 22.6 Å². The van der Waals surface area contributed by atoms with Gasteiger partial charge < -0.3 is 14.2 Å². The van der Waals surface area contributed by atoms with Gasteiger partial charge in [0.05, 0.1) is 6.54 Å². The fraction of sp³-hybridized carbons (Fsp3) is 0.500. The lowest BCUT2D eigenvalue weighted by molar-refractivity contribution is -0.131. The minimum Gasteiger partial charge on any atom is -0.444 e. The van der Waals surface area contributed by atoms with Crippen LogP contribution in [-0.2, 0) is 4.79 Å². The summed E-state index contributed by atoms with van der Waals surface area (Å²) in [6.45, 7) is 3.87. The highest BCUT2D eigenvalue weighted by atomic mass is 79.9. The molecule has 0 aliphatic carbocycles. The van der Waals surface area contributed by atoms with Gasteiger partial charge in [-0.1, -0.05) is 0 Å². The zero-order chi connectivity index (χ0) is 13.9. The first-order valence-electron chi connectivity index (χ1n) is 5.59. The summed E-state index contributed by atoms with van der Waals surface area (Å²) in [6, 6.07) is 3.32. The molecule has 0 aromatic carbocycles. The monoisotopic (exact) mass is 316 g/mol. The molecule has 0 unspecified atom stereocenters. The van der Waals surface area contributed by atoms with Crippen molar-refractivity contribution in [2.24, 2.45) is 0 Å². The fourth-order valence-electron chi connectivity index (χ4n) is 1.29. The van der Waals surface area contributed by atoms with Gasteiger partial charge in [-0.25, -0.2) is 0 Å². The van der Waals surface area contributed by atoms with Crippen molar-refractivity contribution >= 4 is 27.7 Å². The molecule has 100 valence electrons. The summed E-state index contributed by atoms with van der Waals surface area (Å²) in [5, 5.41) is 0. The smallest absolute Gasteiger partial charge is 0.289 e. The Labute approximate surface area is 115 Å². The predicted molar refractivity (Wildman–Crippen MR) is 71.3 cm³/mol. The molecule has 1 heterocycles. The molecule has 2 amide bonds. The van der Waals surface area contributed by atoms with Crippen LogP contribution in [0.15, 0.2) is 21.2 Å². The molecule has 0 saturated carbocycles. The van der Waals surface area contributed by atoms with E-state index in [4.69, 9.17) is 4.42 Å². The number of nitrogens with zero attached hydrogens (tertiary/aromatic N) is 2. The molecule has 0 radical (unpaired) electrons. The zero-order valence-corrected chi connectivity index (χ0v) is 12.5. The van der Waals surface area contributed by atoms with E-state index in [9.17, 15) is 9.59 Å². The number of hydrogen-bond acceptors (Lipinski definition) is 3. The highest BCUT2D eigenvalue weighted by Gasteiger charge is 2.20. The second-order valence-electron chi connectivity index (χ2n) is 4.36. The maximum absolute atomic E-state index is 11.9. The highest BCUT2D eigenvalue weighted by molar-refractivity contribution is 9.10. The topological polar surface area (TPSA) is 53.8 Å². The van der Waals surface area contributed by atoms with E-state index in [1.54, 1.807) is 31.1 Å². The molecule has 1 rings (SSSR count). The third-order valence-electron chi connectivity index (χ3n) is 2.67. The normalized spacial score (nSPS) is 10.6. The summed E-state index contributed by atoms with van der Waals surface area (Å²) in [6.07, 6.45) is 0. The van der Waals surface area contributed by atoms with Crippen molar-refractivity contribution in [3.63, 3.8) is 0 Å². The molecule has 0 bridgehead atoms. The summed E-state index contributed by atoms with van der Waals surface area (Å²) >= 11 is 3.13. The molecule has 18 heavy (non-hydrogen) atoms. The Morgan fingerprint density at radius 2 is 1.94 bits per heavy atom. The van der Waals surface area contributed by atoms with E-state index < -0.39 is 0 Å². The van der Waals surface area contributed by atoms with Crippen molar-refractivity contribution < 1.29 is 14.0 Å². The Morgan fingerprint density at radius 3 is 2.39 bits per heavy atom. The standard InChI is InChI=1S/C12H17BrN2O3/c1-8(2)15(4)11(16)7-14(3)12(17)9-5-6-10(13)18-9/h5-6,8H,7H2,1-4H3. The summed E-state index contributed by atoms with van der Waals surface area (Å²) in [5.74, 6) is -0.206. The minimum atomic E-state index is -0.314. The van der Waals surface area contributed by atoms with Gasteiger partial charge in [-0.3, -0.25) is 9.59 Å². The van der Waals surface area contributed by atoms with Crippen molar-refractivity contribution in [2.45, 2.75) is 19.9 Å². The molecule has 0 spiro atoms. The van der Waals surface area contributed by atoms with Crippen LogP contribution >= 0.6 is 15.9 Å². The Balaban J connectivity index is 2.63. The summed E-state index contributed by atoms with van der Waals surface area (Å²) in [5.41, 5.74) is 0. The van der Waals surface area contributed by atoms with Gasteiger partial charge in [0.2, 0.25) is 5.91 Å². The average Bonchev–Trinajstić information content (AvgIpc) is 2.73. The van der Waals surface area contributed by atoms with Crippen molar-refractivity contribution in [2.75, 3.05) is 20.6 Å². The Morgan fingerprint density at radius 1 is 1.33 bits per heavy atom. The maximum Gasteiger partial charge on any atom is 0.289 e. The van der Waals surface area contributed by atoms with Crippen LogP contribution in [0.1, 0.15) is 24.4 Å². The van der Waals surface area contributed by atoms with Crippen LogP contribution in [0.25, 0.3) is 0 Å². The molecule has 5 nitrogen and oxygen atoms in total. The van der Waals surface area contributed by atoms with E-state index in [1.807, 2.05) is 13.8 Å². The third kappa shape index (κ3) is 3.60. The van der Waals surface area contributed by atoms with Crippen LogP contribution in [0.5, 0.6) is 0 Å². The second-order valence-corrected chi connectivity index (χ2v) is 5.14. The number of carbonyl (C=O) groups excluding carboxylic acids is 2. The molecule has 0 N–H and O–H groups in total. The van der Waals surface area contributed by atoms with Crippen LogP contribution in [0.3, 0.4) is 0 Å². The number of carbonyl (C=O) groups is 2. The predicted octanol–water partition coefficient (Wildman–Crippen LogP) is 1.98. The highest BCUT2D eigenvalue weighted by Crippen LogP contribution is 2.15. The SMILES string of the molecule is CC(C)N(C)C(=O)CN(C)C(=O)c1ccc(Br)o1. The first-order valence-corrected chi connectivity index (χ1v) is 6.38. The second kappa shape index (κ2) is 6.04. The first kappa shape index (κ1) is 14.8. The van der Waals surface area contributed by atoms with Crippen molar-refractivity contribution in [1.29, 1.82) is 0 Å². The van der Waals surface area contributed by atoms with Crippen LogP contribution in [-0.4, -0.2) is 48.3 Å². The largest absolute Gasteiger partial charge is 0.444 e. The maximum atomic E-state index is 11.9. The number of likely N-dealkylation sites (N-methyl/N-ethyl adjacent to an activating group) is 2. The molecule has 0 aliphatic heterocycles. The van der Waals surface area contributed by atoms with Gasteiger partial charge in [0.1, 0.15) is 0 Å². The average molecular weight is 317 g/mol. The summed E-state index contributed by atoms with van der Waals surface area (Å²) in [4.78, 5) is 26.7. The molecular formula is C12H17BrN2O3. The van der Waals surface area contributed by atoms with Gasteiger partial charge in [-0.05, 0) is 41.9 Å². The molecule has 6 heteroatoms. The summed E-state index contributed by atoms with van der Waals surface area (Å²) < 4.78 is 5.65. The number of halogens is 1. The van der Waals surface area contributed by atoms with Crippen molar-refractivity contribution in [3.8, 4) is 0 Å².